The Morgan fingerprint density at radius 1 is 1.00 bits per heavy atom. The minimum Gasteiger partial charge on any atom is -0.490 e. The van der Waals surface area contributed by atoms with Crippen molar-refractivity contribution in [1.82, 2.24) is 0 Å². The van der Waals surface area contributed by atoms with Gasteiger partial charge in [0.25, 0.3) is 0 Å². The van der Waals surface area contributed by atoms with Crippen molar-refractivity contribution in [3.63, 3.8) is 0 Å². The summed E-state index contributed by atoms with van der Waals surface area (Å²) in [6.07, 6.45) is 6.32. The van der Waals surface area contributed by atoms with Gasteiger partial charge in [-0.2, -0.15) is 0 Å². The van der Waals surface area contributed by atoms with Crippen molar-refractivity contribution in [3.8, 4) is 5.75 Å². The fourth-order valence-electron chi connectivity index (χ4n) is 2.70. The first-order valence-electron chi connectivity index (χ1n) is 6.93. The van der Waals surface area contributed by atoms with E-state index in [1.54, 1.807) is 12.1 Å². The van der Waals surface area contributed by atoms with Gasteiger partial charge in [0.15, 0.2) is 9.84 Å². The van der Waals surface area contributed by atoms with E-state index in [-0.39, 0.29) is 0 Å². The predicted octanol–water partition coefficient (Wildman–Crippen LogP) is 3.56. The van der Waals surface area contributed by atoms with Gasteiger partial charge < -0.3 is 4.74 Å². The van der Waals surface area contributed by atoms with E-state index < -0.39 is 9.84 Å². The molecular formula is C16H18O3S. The number of sulfone groups is 1. The number of benzene rings is 2. The van der Waals surface area contributed by atoms with E-state index in [1.807, 2.05) is 24.3 Å². The lowest BCUT2D eigenvalue weighted by atomic mass is 10.1. The van der Waals surface area contributed by atoms with Gasteiger partial charge in [0, 0.05) is 6.26 Å². The zero-order valence-corrected chi connectivity index (χ0v) is 12.3. The van der Waals surface area contributed by atoms with Crippen molar-refractivity contribution < 1.29 is 13.2 Å². The highest BCUT2D eigenvalue weighted by atomic mass is 32.2. The Bertz CT molecular complexity index is 728. The van der Waals surface area contributed by atoms with Gasteiger partial charge in [0.05, 0.1) is 11.0 Å². The normalized spacial score (nSPS) is 16.6. The molecule has 0 aliphatic heterocycles. The van der Waals surface area contributed by atoms with Gasteiger partial charge in [-0.3, -0.25) is 0 Å². The van der Waals surface area contributed by atoms with Crippen LogP contribution >= 0.6 is 0 Å². The summed E-state index contributed by atoms with van der Waals surface area (Å²) in [5, 5.41) is 1.93. The Morgan fingerprint density at radius 3 is 2.35 bits per heavy atom. The number of rotatable bonds is 3. The molecule has 0 spiro atoms. The fourth-order valence-corrected chi connectivity index (χ4v) is 3.36. The van der Waals surface area contributed by atoms with Crippen LogP contribution in [0.1, 0.15) is 25.7 Å². The van der Waals surface area contributed by atoms with E-state index in [4.69, 9.17) is 4.74 Å². The summed E-state index contributed by atoms with van der Waals surface area (Å²) in [6.45, 7) is 0. The zero-order chi connectivity index (χ0) is 14.2. The van der Waals surface area contributed by atoms with Gasteiger partial charge in [-0.05, 0) is 60.7 Å². The van der Waals surface area contributed by atoms with Crippen LogP contribution in [0.2, 0.25) is 0 Å². The first-order chi connectivity index (χ1) is 9.52. The van der Waals surface area contributed by atoms with Gasteiger partial charge >= 0.3 is 0 Å². The summed E-state index contributed by atoms with van der Waals surface area (Å²) in [6, 6.07) is 11.0. The molecule has 0 unspecified atom stereocenters. The second-order valence-corrected chi connectivity index (χ2v) is 7.48. The van der Waals surface area contributed by atoms with Gasteiger partial charge in [0.2, 0.25) is 0 Å². The van der Waals surface area contributed by atoms with Crippen LogP contribution < -0.4 is 4.74 Å². The van der Waals surface area contributed by atoms with Crippen LogP contribution in [0.25, 0.3) is 10.8 Å². The summed E-state index contributed by atoms with van der Waals surface area (Å²) in [5.41, 5.74) is 0. The predicted molar refractivity (Wildman–Crippen MR) is 79.9 cm³/mol. The Morgan fingerprint density at radius 2 is 1.65 bits per heavy atom. The third kappa shape index (κ3) is 2.80. The monoisotopic (exact) mass is 290 g/mol. The van der Waals surface area contributed by atoms with Crippen LogP contribution in [0, 0.1) is 0 Å². The Balaban J connectivity index is 1.92. The molecule has 1 fully saturated rings. The average Bonchev–Trinajstić information content (AvgIpc) is 2.90. The molecule has 2 aromatic rings. The van der Waals surface area contributed by atoms with Crippen molar-refractivity contribution >= 4 is 20.6 Å². The molecule has 106 valence electrons. The van der Waals surface area contributed by atoms with E-state index >= 15 is 0 Å². The summed E-state index contributed by atoms with van der Waals surface area (Å²) in [5.74, 6) is 0.872. The average molecular weight is 290 g/mol. The number of hydrogen-bond donors (Lipinski definition) is 0. The number of hydrogen-bond acceptors (Lipinski definition) is 3. The quantitative estimate of drug-likeness (QED) is 0.868. The molecule has 0 saturated heterocycles. The maximum atomic E-state index is 11.5. The standard InChI is InChI=1S/C16H18O3S/c1-20(17,18)16-9-7-12-10-15(8-6-13(12)11-16)19-14-4-2-3-5-14/h6-11,14H,2-5H2,1H3. The maximum absolute atomic E-state index is 11.5. The highest BCUT2D eigenvalue weighted by Crippen LogP contribution is 2.27. The van der Waals surface area contributed by atoms with Crippen LogP contribution in [-0.2, 0) is 9.84 Å². The van der Waals surface area contributed by atoms with Crippen molar-refractivity contribution in [1.29, 1.82) is 0 Å². The third-order valence-electron chi connectivity index (χ3n) is 3.82. The molecule has 3 nitrogen and oxygen atoms in total. The van der Waals surface area contributed by atoms with Gasteiger partial charge in [-0.25, -0.2) is 8.42 Å². The first kappa shape index (κ1) is 13.4. The van der Waals surface area contributed by atoms with E-state index in [9.17, 15) is 8.42 Å². The molecule has 0 atom stereocenters. The largest absolute Gasteiger partial charge is 0.490 e. The molecule has 2 aromatic carbocycles. The van der Waals surface area contributed by atoms with E-state index in [2.05, 4.69) is 0 Å². The van der Waals surface area contributed by atoms with Crippen molar-refractivity contribution in [2.24, 2.45) is 0 Å². The molecule has 0 aromatic heterocycles. The Hall–Kier alpha value is -1.55. The third-order valence-corrected chi connectivity index (χ3v) is 4.93. The van der Waals surface area contributed by atoms with Crippen LogP contribution in [0.4, 0.5) is 0 Å². The topological polar surface area (TPSA) is 43.4 Å². The van der Waals surface area contributed by atoms with E-state index in [0.29, 0.717) is 11.0 Å². The highest BCUT2D eigenvalue weighted by Gasteiger charge is 2.16. The van der Waals surface area contributed by atoms with Crippen LogP contribution in [-0.4, -0.2) is 20.8 Å². The molecule has 1 saturated carbocycles. The zero-order valence-electron chi connectivity index (χ0n) is 11.5. The summed E-state index contributed by atoms with van der Waals surface area (Å²) < 4.78 is 29.1. The molecule has 0 heterocycles. The van der Waals surface area contributed by atoms with Gasteiger partial charge in [-0.15, -0.1) is 0 Å². The summed E-state index contributed by atoms with van der Waals surface area (Å²) >= 11 is 0. The van der Waals surface area contributed by atoms with Crippen molar-refractivity contribution in [2.45, 2.75) is 36.7 Å². The Labute approximate surface area is 119 Å². The first-order valence-corrected chi connectivity index (χ1v) is 8.82. The SMILES string of the molecule is CS(=O)(=O)c1ccc2cc(OC3CCCC3)ccc2c1. The Kier molecular flexibility index (Phi) is 3.42. The summed E-state index contributed by atoms with van der Waals surface area (Å²) in [7, 11) is -3.15. The molecule has 4 heteroatoms. The second-order valence-electron chi connectivity index (χ2n) is 5.47. The summed E-state index contributed by atoms with van der Waals surface area (Å²) in [4.78, 5) is 0.356. The van der Waals surface area contributed by atoms with Crippen molar-refractivity contribution in [2.75, 3.05) is 6.26 Å². The van der Waals surface area contributed by atoms with Crippen LogP contribution in [0.3, 0.4) is 0 Å². The van der Waals surface area contributed by atoms with E-state index in [1.165, 1.54) is 19.1 Å². The molecule has 0 N–H and O–H groups in total. The molecule has 1 aliphatic rings. The minimum absolute atomic E-state index is 0.336. The lowest BCUT2D eigenvalue weighted by molar-refractivity contribution is 0.210. The highest BCUT2D eigenvalue weighted by molar-refractivity contribution is 7.90. The van der Waals surface area contributed by atoms with Crippen LogP contribution in [0.15, 0.2) is 41.3 Å². The van der Waals surface area contributed by atoms with Crippen LogP contribution in [0.5, 0.6) is 5.75 Å². The van der Waals surface area contributed by atoms with Crippen molar-refractivity contribution in [3.05, 3.63) is 36.4 Å². The second kappa shape index (κ2) is 5.09. The fraction of sp³-hybridized carbons (Fsp3) is 0.375. The molecule has 0 radical (unpaired) electrons. The number of ether oxygens (including phenoxy) is 1. The number of fused-ring (bicyclic) bond motifs is 1. The molecule has 1 aliphatic carbocycles. The lowest BCUT2D eigenvalue weighted by Crippen LogP contribution is -2.10. The maximum Gasteiger partial charge on any atom is 0.175 e. The molecular weight excluding hydrogens is 272 g/mol. The van der Waals surface area contributed by atoms with Gasteiger partial charge in [-0.1, -0.05) is 12.1 Å². The minimum atomic E-state index is -3.15. The van der Waals surface area contributed by atoms with Gasteiger partial charge in [0.1, 0.15) is 5.75 Å². The lowest BCUT2D eigenvalue weighted by Gasteiger charge is -2.13. The molecule has 0 bridgehead atoms. The molecule has 20 heavy (non-hydrogen) atoms. The molecule has 0 amide bonds. The molecule has 3 rings (SSSR count). The smallest absolute Gasteiger partial charge is 0.175 e. The van der Waals surface area contributed by atoms with E-state index in [0.717, 1.165) is 29.4 Å².